The van der Waals surface area contributed by atoms with Crippen LogP contribution in [0, 0.1) is 0 Å². The fourth-order valence-electron chi connectivity index (χ4n) is 1.65. The average molecular weight is 299 g/mol. The van der Waals surface area contributed by atoms with E-state index in [-0.39, 0.29) is 6.61 Å². The van der Waals surface area contributed by atoms with E-state index >= 15 is 0 Å². The van der Waals surface area contributed by atoms with E-state index in [2.05, 4.69) is 27.8 Å². The molecule has 92 valence electrons. The van der Waals surface area contributed by atoms with Crippen molar-refractivity contribution < 1.29 is 9.84 Å². The number of fused-ring (bicyclic) bond motifs is 1. The third-order valence-electron chi connectivity index (χ3n) is 2.49. The minimum absolute atomic E-state index is 0.0719. The molecule has 0 fully saturated rings. The van der Waals surface area contributed by atoms with Gasteiger partial charge < -0.3 is 14.4 Å². The normalized spacial score (nSPS) is 11.2. The van der Waals surface area contributed by atoms with Crippen molar-refractivity contribution in [2.24, 2.45) is 0 Å². The summed E-state index contributed by atoms with van der Waals surface area (Å²) in [6.07, 6.45) is 2.95. The largest absolute Gasteiger partial charge is 0.390 e. The van der Waals surface area contributed by atoms with Gasteiger partial charge in [0.1, 0.15) is 12.4 Å². The molecule has 0 aromatic carbocycles. The van der Waals surface area contributed by atoms with Crippen LogP contribution in [0.15, 0.2) is 22.8 Å². The van der Waals surface area contributed by atoms with Crippen LogP contribution in [0.3, 0.4) is 0 Å². The molecule has 2 rings (SSSR count). The molecule has 0 amide bonds. The Kier molecular flexibility index (Phi) is 4.15. The molecule has 0 aliphatic rings. The highest BCUT2D eigenvalue weighted by atomic mass is 79.9. The summed E-state index contributed by atoms with van der Waals surface area (Å²) in [5, 5.41) is 10.2. The smallest absolute Gasteiger partial charge is 0.142 e. The molecule has 0 radical (unpaired) electrons. The second-order valence-electron chi connectivity index (χ2n) is 3.81. The standard InChI is InChI=1S/C12H15BrN2O2/c1-2-5-17-8-15-4-3-9-6-10(13)11(7-16)14-12(9)15/h3-4,6,16H,2,5,7-8H2,1H3. The van der Waals surface area contributed by atoms with Crippen molar-refractivity contribution in [3.8, 4) is 0 Å². The molecular weight excluding hydrogens is 284 g/mol. The van der Waals surface area contributed by atoms with E-state index < -0.39 is 0 Å². The molecule has 5 heteroatoms. The molecule has 2 heterocycles. The quantitative estimate of drug-likeness (QED) is 0.863. The second kappa shape index (κ2) is 5.62. The van der Waals surface area contributed by atoms with Crippen LogP contribution in [0.2, 0.25) is 0 Å². The summed E-state index contributed by atoms with van der Waals surface area (Å²) in [5.41, 5.74) is 1.49. The third-order valence-corrected chi connectivity index (χ3v) is 3.18. The van der Waals surface area contributed by atoms with Gasteiger partial charge >= 0.3 is 0 Å². The Morgan fingerprint density at radius 1 is 1.53 bits per heavy atom. The van der Waals surface area contributed by atoms with Gasteiger partial charge in [-0.1, -0.05) is 6.92 Å². The first-order chi connectivity index (χ1) is 8.26. The summed E-state index contributed by atoms with van der Waals surface area (Å²) < 4.78 is 8.26. The van der Waals surface area contributed by atoms with E-state index in [1.165, 1.54) is 0 Å². The maximum Gasteiger partial charge on any atom is 0.142 e. The predicted molar refractivity (Wildman–Crippen MR) is 69.6 cm³/mol. The van der Waals surface area contributed by atoms with Crippen LogP contribution < -0.4 is 0 Å². The van der Waals surface area contributed by atoms with Gasteiger partial charge in [0.2, 0.25) is 0 Å². The fraction of sp³-hybridized carbons (Fsp3) is 0.417. The van der Waals surface area contributed by atoms with Gasteiger partial charge in [0.15, 0.2) is 0 Å². The minimum atomic E-state index is -0.0719. The van der Waals surface area contributed by atoms with Crippen molar-refractivity contribution in [3.05, 3.63) is 28.5 Å². The number of hydrogen-bond donors (Lipinski definition) is 1. The topological polar surface area (TPSA) is 47.3 Å². The van der Waals surface area contributed by atoms with E-state index in [9.17, 15) is 5.11 Å². The highest BCUT2D eigenvalue weighted by Gasteiger charge is 2.07. The summed E-state index contributed by atoms with van der Waals surface area (Å²) in [5.74, 6) is 0. The van der Waals surface area contributed by atoms with Crippen molar-refractivity contribution in [2.75, 3.05) is 6.61 Å². The molecule has 0 saturated carbocycles. The van der Waals surface area contributed by atoms with Crippen molar-refractivity contribution in [2.45, 2.75) is 26.7 Å². The Morgan fingerprint density at radius 2 is 2.35 bits per heavy atom. The lowest BCUT2D eigenvalue weighted by atomic mass is 10.3. The number of aliphatic hydroxyl groups is 1. The van der Waals surface area contributed by atoms with Gasteiger partial charge in [-0.2, -0.15) is 0 Å². The van der Waals surface area contributed by atoms with Crippen LogP contribution in [0.4, 0.5) is 0 Å². The molecule has 0 unspecified atom stereocenters. The van der Waals surface area contributed by atoms with Crippen LogP contribution in [0.5, 0.6) is 0 Å². The molecule has 0 saturated heterocycles. The van der Waals surface area contributed by atoms with Crippen LogP contribution in [0.25, 0.3) is 11.0 Å². The van der Waals surface area contributed by atoms with E-state index in [4.69, 9.17) is 4.74 Å². The molecule has 0 bridgehead atoms. The number of ether oxygens (including phenoxy) is 1. The highest BCUT2D eigenvalue weighted by Crippen LogP contribution is 2.22. The van der Waals surface area contributed by atoms with Crippen molar-refractivity contribution >= 4 is 27.0 Å². The SMILES string of the molecule is CCCOCn1ccc2cc(Br)c(CO)nc21. The average Bonchev–Trinajstić information content (AvgIpc) is 2.71. The van der Waals surface area contributed by atoms with Gasteiger partial charge in [-0.15, -0.1) is 0 Å². The zero-order chi connectivity index (χ0) is 12.3. The molecule has 0 atom stereocenters. The highest BCUT2D eigenvalue weighted by molar-refractivity contribution is 9.10. The Bertz CT molecular complexity index is 510. The number of rotatable bonds is 5. The molecule has 1 N–H and O–H groups in total. The zero-order valence-corrected chi connectivity index (χ0v) is 11.3. The van der Waals surface area contributed by atoms with Crippen molar-refractivity contribution in [1.29, 1.82) is 0 Å². The summed E-state index contributed by atoms with van der Waals surface area (Å²) in [7, 11) is 0. The van der Waals surface area contributed by atoms with Gasteiger partial charge in [0.25, 0.3) is 0 Å². The fourth-order valence-corrected chi connectivity index (χ4v) is 2.11. The first kappa shape index (κ1) is 12.5. The van der Waals surface area contributed by atoms with Crippen LogP contribution in [0.1, 0.15) is 19.0 Å². The van der Waals surface area contributed by atoms with Crippen molar-refractivity contribution in [3.63, 3.8) is 0 Å². The molecule has 0 spiro atoms. The summed E-state index contributed by atoms with van der Waals surface area (Å²) in [6, 6.07) is 3.95. The van der Waals surface area contributed by atoms with Gasteiger partial charge in [0.05, 0.1) is 12.3 Å². The minimum Gasteiger partial charge on any atom is -0.390 e. The van der Waals surface area contributed by atoms with Crippen LogP contribution in [-0.2, 0) is 18.1 Å². The summed E-state index contributed by atoms with van der Waals surface area (Å²) in [6.45, 7) is 3.24. The monoisotopic (exact) mass is 298 g/mol. The Labute approximate surface area is 108 Å². The first-order valence-electron chi connectivity index (χ1n) is 5.59. The molecule has 0 aliphatic carbocycles. The van der Waals surface area contributed by atoms with E-state index in [0.717, 1.165) is 28.5 Å². The predicted octanol–water partition coefficient (Wildman–Crippen LogP) is 2.68. The third kappa shape index (κ3) is 2.68. The lowest BCUT2D eigenvalue weighted by molar-refractivity contribution is 0.0800. The van der Waals surface area contributed by atoms with Gasteiger partial charge in [-0.3, -0.25) is 0 Å². The number of hydrogen-bond acceptors (Lipinski definition) is 3. The lowest BCUT2D eigenvalue weighted by Crippen LogP contribution is -2.03. The van der Waals surface area contributed by atoms with E-state index in [0.29, 0.717) is 12.4 Å². The summed E-state index contributed by atoms with van der Waals surface area (Å²) >= 11 is 3.39. The van der Waals surface area contributed by atoms with Crippen molar-refractivity contribution in [1.82, 2.24) is 9.55 Å². The Balaban J connectivity index is 2.31. The summed E-state index contributed by atoms with van der Waals surface area (Å²) in [4.78, 5) is 4.42. The van der Waals surface area contributed by atoms with Crippen LogP contribution in [-0.4, -0.2) is 21.3 Å². The second-order valence-corrected chi connectivity index (χ2v) is 4.67. The van der Waals surface area contributed by atoms with Gasteiger partial charge in [0, 0.05) is 22.7 Å². The maximum absolute atomic E-state index is 9.19. The zero-order valence-electron chi connectivity index (χ0n) is 9.69. The molecule has 2 aromatic rings. The lowest BCUT2D eigenvalue weighted by Gasteiger charge is -2.07. The molecule has 2 aromatic heterocycles. The number of pyridine rings is 1. The number of aliphatic hydroxyl groups excluding tert-OH is 1. The van der Waals surface area contributed by atoms with E-state index in [1.54, 1.807) is 0 Å². The van der Waals surface area contributed by atoms with Gasteiger partial charge in [-0.05, 0) is 34.5 Å². The van der Waals surface area contributed by atoms with Gasteiger partial charge in [-0.25, -0.2) is 4.98 Å². The number of halogens is 1. The van der Waals surface area contributed by atoms with E-state index in [1.807, 2.05) is 22.9 Å². The Hall–Kier alpha value is -0.910. The molecule has 4 nitrogen and oxygen atoms in total. The molecule has 0 aliphatic heterocycles. The maximum atomic E-state index is 9.19. The number of aromatic nitrogens is 2. The van der Waals surface area contributed by atoms with Crippen LogP contribution >= 0.6 is 15.9 Å². The Morgan fingerprint density at radius 3 is 3.06 bits per heavy atom. The molecular formula is C12H15BrN2O2. The number of nitrogens with zero attached hydrogens (tertiary/aromatic N) is 2. The first-order valence-corrected chi connectivity index (χ1v) is 6.38. The molecule has 17 heavy (non-hydrogen) atoms.